The third kappa shape index (κ3) is 6.31. The van der Waals surface area contributed by atoms with Crippen LogP contribution in [-0.2, 0) is 19.1 Å². The van der Waals surface area contributed by atoms with E-state index in [9.17, 15) is 9.59 Å². The summed E-state index contributed by atoms with van der Waals surface area (Å²) in [6, 6.07) is 1.25. The molecule has 0 heterocycles. The van der Waals surface area contributed by atoms with Crippen LogP contribution in [0.3, 0.4) is 0 Å². The van der Waals surface area contributed by atoms with Gasteiger partial charge in [-0.2, -0.15) is 5.26 Å². The molecule has 0 saturated heterocycles. The van der Waals surface area contributed by atoms with E-state index in [0.717, 1.165) is 0 Å². The lowest BCUT2D eigenvalue weighted by Crippen LogP contribution is -2.10. The molecule has 5 heteroatoms. The standard InChI is InChI=1S/C6H7NO4/c1-5(8)10-2-3-11-6(9)4-7/h2-3H2,1H3. The Labute approximate surface area is 63.5 Å². The van der Waals surface area contributed by atoms with E-state index in [1.807, 2.05) is 0 Å². The van der Waals surface area contributed by atoms with Crippen LogP contribution in [0.15, 0.2) is 0 Å². The SMILES string of the molecule is CC(=O)OCCOC(=O)C#N. The summed E-state index contributed by atoms with van der Waals surface area (Å²) >= 11 is 0. The molecular weight excluding hydrogens is 150 g/mol. The van der Waals surface area contributed by atoms with Crippen LogP contribution in [0.2, 0.25) is 0 Å². The van der Waals surface area contributed by atoms with E-state index in [2.05, 4.69) is 9.47 Å². The zero-order valence-electron chi connectivity index (χ0n) is 5.99. The van der Waals surface area contributed by atoms with Crippen molar-refractivity contribution in [3.8, 4) is 6.07 Å². The van der Waals surface area contributed by atoms with Crippen LogP contribution < -0.4 is 0 Å². The molecule has 0 bridgehead atoms. The number of hydrogen-bond acceptors (Lipinski definition) is 5. The first-order valence-corrected chi connectivity index (χ1v) is 2.87. The molecule has 0 spiro atoms. The molecule has 0 aliphatic rings. The van der Waals surface area contributed by atoms with Crippen LogP contribution in [0.25, 0.3) is 0 Å². The molecule has 0 aliphatic carbocycles. The van der Waals surface area contributed by atoms with E-state index in [0.29, 0.717) is 0 Å². The molecular formula is C6H7NO4. The summed E-state index contributed by atoms with van der Waals surface area (Å²) in [6.45, 7) is 1.15. The van der Waals surface area contributed by atoms with E-state index in [-0.39, 0.29) is 13.2 Å². The third-order valence-corrected chi connectivity index (χ3v) is 0.713. The monoisotopic (exact) mass is 157 g/mol. The first-order chi connectivity index (χ1) is 5.16. The molecule has 0 aliphatic heterocycles. The van der Waals surface area contributed by atoms with Gasteiger partial charge in [-0.15, -0.1) is 0 Å². The molecule has 0 fully saturated rings. The van der Waals surface area contributed by atoms with Crippen molar-refractivity contribution < 1.29 is 19.1 Å². The van der Waals surface area contributed by atoms with Gasteiger partial charge in [0, 0.05) is 6.92 Å². The molecule has 0 atom stereocenters. The Morgan fingerprint density at radius 1 is 1.36 bits per heavy atom. The topological polar surface area (TPSA) is 76.4 Å². The van der Waals surface area contributed by atoms with Crippen molar-refractivity contribution in [2.24, 2.45) is 0 Å². The summed E-state index contributed by atoms with van der Waals surface area (Å²) in [6.07, 6.45) is 0. The predicted octanol–water partition coefficient (Wildman–Crippen LogP) is -0.384. The lowest BCUT2D eigenvalue weighted by Gasteiger charge is -1.99. The smallest absolute Gasteiger partial charge is 0.411 e. The average molecular weight is 157 g/mol. The van der Waals surface area contributed by atoms with Crippen LogP contribution in [0, 0.1) is 11.3 Å². The van der Waals surface area contributed by atoms with Crippen LogP contribution in [0.1, 0.15) is 6.92 Å². The van der Waals surface area contributed by atoms with Gasteiger partial charge in [-0.3, -0.25) is 4.79 Å². The Morgan fingerprint density at radius 2 is 1.91 bits per heavy atom. The number of ether oxygens (including phenoxy) is 2. The molecule has 0 radical (unpaired) electrons. The molecule has 0 aromatic heterocycles. The Hall–Kier alpha value is -1.57. The number of rotatable bonds is 3. The normalized spacial score (nSPS) is 8.00. The number of hydrogen-bond donors (Lipinski definition) is 0. The molecule has 0 aromatic rings. The number of nitrogens with zero attached hydrogens (tertiary/aromatic N) is 1. The second-order valence-corrected chi connectivity index (χ2v) is 1.59. The quantitative estimate of drug-likeness (QED) is 0.317. The van der Waals surface area contributed by atoms with Crippen molar-refractivity contribution in [1.82, 2.24) is 0 Å². The van der Waals surface area contributed by atoms with Gasteiger partial charge in [0.2, 0.25) is 0 Å². The maximum atomic E-state index is 10.1. The molecule has 0 rings (SSSR count). The maximum absolute atomic E-state index is 10.1. The van der Waals surface area contributed by atoms with Crippen LogP contribution >= 0.6 is 0 Å². The highest BCUT2D eigenvalue weighted by molar-refractivity contribution is 5.85. The Balaban J connectivity index is 3.23. The van der Waals surface area contributed by atoms with Gasteiger partial charge in [0.1, 0.15) is 13.2 Å². The molecule has 0 N–H and O–H groups in total. The minimum Gasteiger partial charge on any atom is -0.462 e. The highest BCUT2D eigenvalue weighted by atomic mass is 16.6. The Bertz CT molecular complexity index is 193. The second-order valence-electron chi connectivity index (χ2n) is 1.59. The van der Waals surface area contributed by atoms with Crippen LogP contribution in [0.5, 0.6) is 0 Å². The first kappa shape index (κ1) is 9.43. The molecule has 5 nitrogen and oxygen atoms in total. The van der Waals surface area contributed by atoms with Gasteiger partial charge in [0.15, 0.2) is 6.07 Å². The van der Waals surface area contributed by atoms with Crippen molar-refractivity contribution in [2.75, 3.05) is 13.2 Å². The second kappa shape index (κ2) is 5.23. The summed E-state index contributed by atoms with van der Waals surface area (Å²) in [4.78, 5) is 20.3. The van der Waals surface area contributed by atoms with Gasteiger partial charge in [-0.05, 0) is 0 Å². The van der Waals surface area contributed by atoms with Crippen molar-refractivity contribution in [3.05, 3.63) is 0 Å². The lowest BCUT2D eigenvalue weighted by molar-refractivity contribution is -0.147. The summed E-state index contributed by atoms with van der Waals surface area (Å²) in [7, 11) is 0. The van der Waals surface area contributed by atoms with Gasteiger partial charge >= 0.3 is 11.9 Å². The maximum Gasteiger partial charge on any atom is 0.411 e. The highest BCUT2D eigenvalue weighted by Crippen LogP contribution is 1.79. The number of nitriles is 1. The summed E-state index contributed by atoms with van der Waals surface area (Å²) in [5.41, 5.74) is 0. The summed E-state index contributed by atoms with van der Waals surface area (Å²) in [5.74, 6) is -1.42. The van der Waals surface area contributed by atoms with Crippen molar-refractivity contribution in [3.63, 3.8) is 0 Å². The molecule has 0 aromatic carbocycles. The fourth-order valence-corrected chi connectivity index (χ4v) is 0.352. The van der Waals surface area contributed by atoms with E-state index < -0.39 is 11.9 Å². The Kier molecular flexibility index (Phi) is 4.49. The molecule has 0 saturated carbocycles. The van der Waals surface area contributed by atoms with Gasteiger partial charge in [0.25, 0.3) is 0 Å². The van der Waals surface area contributed by atoms with Crippen LogP contribution in [-0.4, -0.2) is 25.2 Å². The lowest BCUT2D eigenvalue weighted by atomic mass is 10.7. The largest absolute Gasteiger partial charge is 0.462 e. The number of carbonyl (C=O) groups is 2. The fraction of sp³-hybridized carbons (Fsp3) is 0.500. The van der Waals surface area contributed by atoms with E-state index >= 15 is 0 Å². The Morgan fingerprint density at radius 3 is 2.36 bits per heavy atom. The van der Waals surface area contributed by atoms with Gasteiger partial charge < -0.3 is 9.47 Å². The van der Waals surface area contributed by atoms with E-state index in [4.69, 9.17) is 5.26 Å². The minimum atomic E-state index is -0.975. The average Bonchev–Trinajstić information content (AvgIpc) is 1.97. The molecule has 0 amide bonds. The van der Waals surface area contributed by atoms with Gasteiger partial charge in [-0.1, -0.05) is 0 Å². The van der Waals surface area contributed by atoms with Crippen molar-refractivity contribution in [2.45, 2.75) is 6.92 Å². The number of esters is 2. The minimum absolute atomic E-state index is 0.0112. The van der Waals surface area contributed by atoms with Crippen molar-refractivity contribution >= 4 is 11.9 Å². The zero-order valence-corrected chi connectivity index (χ0v) is 5.99. The zero-order chi connectivity index (χ0) is 8.69. The molecule has 60 valence electrons. The van der Waals surface area contributed by atoms with Gasteiger partial charge in [-0.25, -0.2) is 4.79 Å². The summed E-state index contributed by atoms with van der Waals surface area (Å²) in [5, 5.41) is 7.91. The number of carbonyl (C=O) groups excluding carboxylic acids is 2. The fourth-order valence-electron chi connectivity index (χ4n) is 0.352. The molecule has 11 heavy (non-hydrogen) atoms. The van der Waals surface area contributed by atoms with Crippen LogP contribution in [0.4, 0.5) is 0 Å². The highest BCUT2D eigenvalue weighted by Gasteiger charge is 1.98. The van der Waals surface area contributed by atoms with E-state index in [1.165, 1.54) is 13.0 Å². The molecule has 0 unspecified atom stereocenters. The first-order valence-electron chi connectivity index (χ1n) is 2.87. The predicted molar refractivity (Wildman–Crippen MR) is 33.2 cm³/mol. The van der Waals surface area contributed by atoms with Gasteiger partial charge in [0.05, 0.1) is 0 Å². The summed E-state index contributed by atoms with van der Waals surface area (Å²) < 4.78 is 8.68. The van der Waals surface area contributed by atoms with Crippen molar-refractivity contribution in [1.29, 1.82) is 5.26 Å². The third-order valence-electron chi connectivity index (χ3n) is 0.713. The van der Waals surface area contributed by atoms with E-state index in [1.54, 1.807) is 0 Å².